The van der Waals surface area contributed by atoms with Gasteiger partial charge in [-0.25, -0.2) is 0 Å². The summed E-state index contributed by atoms with van der Waals surface area (Å²) in [5.74, 6) is 0.884. The van der Waals surface area contributed by atoms with Crippen molar-refractivity contribution in [1.82, 2.24) is 10.6 Å². The van der Waals surface area contributed by atoms with E-state index < -0.39 is 0 Å². The summed E-state index contributed by atoms with van der Waals surface area (Å²) in [5, 5.41) is 6.63. The molecule has 2 heterocycles. The smallest absolute Gasteiger partial charge is 0.191 e. The van der Waals surface area contributed by atoms with Gasteiger partial charge in [0.25, 0.3) is 0 Å². The molecule has 0 saturated carbocycles. The number of aliphatic imine (C=N–C) groups is 1. The summed E-state index contributed by atoms with van der Waals surface area (Å²) in [6, 6.07) is 0. The molecule has 6 heteroatoms. The van der Waals surface area contributed by atoms with Crippen molar-refractivity contribution in [2.24, 2.45) is 10.4 Å². The quantitative estimate of drug-likeness (QED) is 0.394. The third kappa shape index (κ3) is 5.80. The molecule has 0 bridgehead atoms. The van der Waals surface area contributed by atoms with Crippen LogP contribution in [0.2, 0.25) is 0 Å². The second-order valence-corrected chi connectivity index (χ2v) is 6.14. The zero-order valence-electron chi connectivity index (χ0n) is 13.3. The van der Waals surface area contributed by atoms with Crippen LogP contribution in [0.5, 0.6) is 0 Å². The lowest BCUT2D eigenvalue weighted by Crippen LogP contribution is -2.44. The summed E-state index contributed by atoms with van der Waals surface area (Å²) in [4.78, 5) is 4.64. The maximum Gasteiger partial charge on any atom is 0.191 e. The van der Waals surface area contributed by atoms with Crippen LogP contribution in [0.25, 0.3) is 0 Å². The first-order valence-corrected chi connectivity index (χ1v) is 8.01. The maximum atomic E-state index is 5.74. The van der Waals surface area contributed by atoms with Gasteiger partial charge < -0.3 is 24.8 Å². The van der Waals surface area contributed by atoms with Crippen molar-refractivity contribution in [3.8, 4) is 0 Å². The van der Waals surface area contributed by atoms with Crippen molar-refractivity contribution in [3.05, 3.63) is 0 Å². The van der Waals surface area contributed by atoms with Crippen molar-refractivity contribution >= 4 is 5.96 Å². The molecule has 0 amide bonds. The number of ether oxygens (including phenoxy) is 3. The van der Waals surface area contributed by atoms with E-state index in [4.69, 9.17) is 14.2 Å². The zero-order valence-corrected chi connectivity index (χ0v) is 13.3. The highest BCUT2D eigenvalue weighted by molar-refractivity contribution is 5.79. The molecule has 6 nitrogen and oxygen atoms in total. The van der Waals surface area contributed by atoms with Crippen LogP contribution in [-0.4, -0.2) is 64.7 Å². The lowest BCUT2D eigenvalue weighted by Gasteiger charge is -2.36. The average molecular weight is 299 g/mol. The van der Waals surface area contributed by atoms with Gasteiger partial charge >= 0.3 is 0 Å². The Bertz CT molecular complexity index is 326. The zero-order chi connectivity index (χ0) is 15.0. The Kier molecular flexibility index (Phi) is 6.73. The van der Waals surface area contributed by atoms with E-state index in [1.54, 1.807) is 0 Å². The summed E-state index contributed by atoms with van der Waals surface area (Å²) in [6.45, 7) is 10.8. The average Bonchev–Trinajstić information content (AvgIpc) is 2.95. The van der Waals surface area contributed by atoms with Gasteiger partial charge in [-0.3, -0.25) is 4.99 Å². The summed E-state index contributed by atoms with van der Waals surface area (Å²) in [7, 11) is 0. The van der Waals surface area contributed by atoms with Gasteiger partial charge in [0, 0.05) is 31.7 Å². The van der Waals surface area contributed by atoms with Gasteiger partial charge in [-0.15, -0.1) is 0 Å². The van der Waals surface area contributed by atoms with E-state index in [0.29, 0.717) is 6.10 Å². The molecule has 0 radical (unpaired) electrons. The molecule has 2 saturated heterocycles. The molecule has 0 spiro atoms. The topological polar surface area (TPSA) is 64.1 Å². The van der Waals surface area contributed by atoms with Crippen LogP contribution in [0, 0.1) is 5.41 Å². The SMILES string of the molecule is CCNC(=NCC1(C)COC1)NCCCOC1CCOC1. The third-order valence-electron chi connectivity index (χ3n) is 3.72. The Labute approximate surface area is 127 Å². The van der Waals surface area contributed by atoms with E-state index >= 15 is 0 Å². The Morgan fingerprint density at radius 1 is 1.33 bits per heavy atom. The minimum atomic E-state index is 0.216. The first-order chi connectivity index (χ1) is 10.2. The predicted octanol–water partition coefficient (Wildman–Crippen LogP) is 0.774. The fraction of sp³-hybridized carbons (Fsp3) is 0.933. The van der Waals surface area contributed by atoms with E-state index in [0.717, 1.165) is 71.5 Å². The molecule has 1 unspecified atom stereocenters. The number of hydrogen-bond donors (Lipinski definition) is 2. The van der Waals surface area contributed by atoms with E-state index in [-0.39, 0.29) is 5.41 Å². The molecule has 0 aromatic rings. The van der Waals surface area contributed by atoms with Gasteiger partial charge in [0.1, 0.15) is 0 Å². The Hall–Kier alpha value is -0.850. The van der Waals surface area contributed by atoms with Crippen molar-refractivity contribution in [3.63, 3.8) is 0 Å². The molecule has 2 fully saturated rings. The van der Waals surface area contributed by atoms with E-state index in [1.807, 2.05) is 0 Å². The van der Waals surface area contributed by atoms with Crippen LogP contribution in [0.4, 0.5) is 0 Å². The Balaban J connectivity index is 1.59. The van der Waals surface area contributed by atoms with Gasteiger partial charge in [-0.2, -0.15) is 0 Å². The molecule has 2 aliphatic heterocycles. The van der Waals surface area contributed by atoms with Crippen molar-refractivity contribution in [2.75, 3.05) is 52.7 Å². The molecule has 2 N–H and O–H groups in total. The summed E-state index contributed by atoms with van der Waals surface area (Å²) in [5.41, 5.74) is 0.216. The molecule has 0 aliphatic carbocycles. The number of guanidine groups is 1. The van der Waals surface area contributed by atoms with E-state index in [9.17, 15) is 0 Å². The van der Waals surface area contributed by atoms with Crippen LogP contribution in [0.1, 0.15) is 26.7 Å². The normalized spacial score (nSPS) is 24.7. The van der Waals surface area contributed by atoms with Gasteiger partial charge in [-0.1, -0.05) is 6.92 Å². The fourth-order valence-electron chi connectivity index (χ4n) is 2.33. The monoisotopic (exact) mass is 299 g/mol. The molecular weight excluding hydrogens is 270 g/mol. The number of nitrogens with zero attached hydrogens (tertiary/aromatic N) is 1. The molecule has 122 valence electrons. The largest absolute Gasteiger partial charge is 0.380 e. The van der Waals surface area contributed by atoms with E-state index in [1.165, 1.54) is 0 Å². The van der Waals surface area contributed by atoms with Crippen LogP contribution < -0.4 is 10.6 Å². The van der Waals surface area contributed by atoms with Crippen molar-refractivity contribution in [1.29, 1.82) is 0 Å². The second-order valence-electron chi connectivity index (χ2n) is 6.14. The van der Waals surface area contributed by atoms with E-state index in [2.05, 4.69) is 29.5 Å². The van der Waals surface area contributed by atoms with Crippen LogP contribution in [-0.2, 0) is 14.2 Å². The summed E-state index contributed by atoms with van der Waals surface area (Å²) in [6.07, 6.45) is 2.30. The molecular formula is C15H29N3O3. The Morgan fingerprint density at radius 3 is 2.81 bits per heavy atom. The molecule has 2 aliphatic rings. The maximum absolute atomic E-state index is 5.74. The van der Waals surface area contributed by atoms with Gasteiger partial charge in [-0.05, 0) is 19.8 Å². The highest BCUT2D eigenvalue weighted by Crippen LogP contribution is 2.26. The fourth-order valence-corrected chi connectivity index (χ4v) is 2.33. The summed E-state index contributed by atoms with van der Waals surface area (Å²) < 4.78 is 16.3. The highest BCUT2D eigenvalue weighted by Gasteiger charge is 2.33. The number of hydrogen-bond acceptors (Lipinski definition) is 4. The minimum Gasteiger partial charge on any atom is -0.380 e. The highest BCUT2D eigenvalue weighted by atomic mass is 16.5. The van der Waals surface area contributed by atoms with Crippen LogP contribution in [0.3, 0.4) is 0 Å². The lowest BCUT2D eigenvalue weighted by molar-refractivity contribution is -0.0945. The first kappa shape index (κ1) is 16.5. The number of rotatable bonds is 8. The third-order valence-corrected chi connectivity index (χ3v) is 3.72. The molecule has 21 heavy (non-hydrogen) atoms. The van der Waals surface area contributed by atoms with Gasteiger partial charge in [0.05, 0.1) is 32.5 Å². The summed E-state index contributed by atoms with van der Waals surface area (Å²) >= 11 is 0. The first-order valence-electron chi connectivity index (χ1n) is 8.01. The predicted molar refractivity (Wildman–Crippen MR) is 82.7 cm³/mol. The number of nitrogens with one attached hydrogen (secondary N) is 2. The van der Waals surface area contributed by atoms with Crippen molar-refractivity contribution in [2.45, 2.75) is 32.8 Å². The molecule has 2 rings (SSSR count). The van der Waals surface area contributed by atoms with Gasteiger partial charge in [0.2, 0.25) is 0 Å². The minimum absolute atomic E-state index is 0.216. The second kappa shape index (κ2) is 8.56. The molecule has 0 aromatic carbocycles. The lowest BCUT2D eigenvalue weighted by atomic mass is 9.89. The molecule has 0 aromatic heterocycles. The van der Waals surface area contributed by atoms with Crippen molar-refractivity contribution < 1.29 is 14.2 Å². The Morgan fingerprint density at radius 2 is 2.19 bits per heavy atom. The molecule has 1 atom stereocenters. The van der Waals surface area contributed by atoms with Gasteiger partial charge in [0.15, 0.2) is 5.96 Å². The van der Waals surface area contributed by atoms with Crippen LogP contribution in [0.15, 0.2) is 4.99 Å². The van der Waals surface area contributed by atoms with Crippen LogP contribution >= 0.6 is 0 Å². The standard InChI is InChI=1S/C15H29N3O3/c1-3-16-14(18-10-15(2)11-20-12-15)17-6-4-7-21-13-5-8-19-9-13/h13H,3-12H2,1-2H3,(H2,16,17,18).